The summed E-state index contributed by atoms with van der Waals surface area (Å²) in [4.78, 5) is 26.6. The van der Waals surface area contributed by atoms with Gasteiger partial charge in [0.1, 0.15) is 11.5 Å². The van der Waals surface area contributed by atoms with E-state index in [2.05, 4.69) is 0 Å². The number of hydrogen-bond donors (Lipinski definition) is 0. The molecule has 3 aromatic carbocycles. The molecule has 0 radical (unpaired) electrons. The van der Waals surface area contributed by atoms with Gasteiger partial charge in [0, 0.05) is 10.0 Å². The molecule has 0 fully saturated rings. The number of carbonyl (C=O) groups excluding carboxylic acids is 2. The lowest BCUT2D eigenvalue weighted by atomic mass is 10.1. The fourth-order valence-electron chi connectivity index (χ4n) is 3.01. The van der Waals surface area contributed by atoms with Crippen molar-refractivity contribution in [2.24, 2.45) is 0 Å². The third kappa shape index (κ3) is 3.18. The van der Waals surface area contributed by atoms with Crippen molar-refractivity contribution >= 4 is 40.7 Å². The van der Waals surface area contributed by atoms with E-state index in [0.717, 1.165) is 5.56 Å². The topological polar surface area (TPSA) is 46.6 Å². The second-order valence-electron chi connectivity index (χ2n) is 6.14. The molecule has 0 spiro atoms. The maximum absolute atomic E-state index is 12.7. The van der Waals surface area contributed by atoms with E-state index < -0.39 is 0 Å². The van der Waals surface area contributed by atoms with Crippen molar-refractivity contribution in [3.05, 3.63) is 87.4 Å². The van der Waals surface area contributed by atoms with Crippen LogP contribution < -0.4 is 9.64 Å². The van der Waals surface area contributed by atoms with Gasteiger partial charge in [0.15, 0.2) is 0 Å². The summed E-state index contributed by atoms with van der Waals surface area (Å²) < 4.78 is 5.80. The molecular weight excluding hydrogens is 385 g/mol. The number of carbonyl (C=O) groups is 2. The van der Waals surface area contributed by atoms with Crippen molar-refractivity contribution in [3.63, 3.8) is 0 Å². The van der Waals surface area contributed by atoms with Crippen molar-refractivity contribution in [1.29, 1.82) is 0 Å². The van der Waals surface area contributed by atoms with E-state index in [1.807, 2.05) is 6.92 Å². The van der Waals surface area contributed by atoms with Crippen LogP contribution in [-0.2, 0) is 0 Å². The fourth-order valence-corrected chi connectivity index (χ4v) is 3.31. The van der Waals surface area contributed by atoms with Gasteiger partial charge >= 0.3 is 0 Å². The average molecular weight is 398 g/mol. The molecule has 0 unspecified atom stereocenters. The van der Waals surface area contributed by atoms with Crippen molar-refractivity contribution in [3.8, 4) is 11.5 Å². The van der Waals surface area contributed by atoms with Crippen LogP contribution in [0.15, 0.2) is 60.7 Å². The molecule has 4 nitrogen and oxygen atoms in total. The highest BCUT2D eigenvalue weighted by atomic mass is 35.5. The molecule has 27 heavy (non-hydrogen) atoms. The Labute approximate surface area is 165 Å². The molecule has 0 aromatic heterocycles. The van der Waals surface area contributed by atoms with E-state index in [0.29, 0.717) is 38.4 Å². The summed E-state index contributed by atoms with van der Waals surface area (Å²) in [5.74, 6) is 0.494. The highest BCUT2D eigenvalue weighted by molar-refractivity contribution is 6.37. The Bertz CT molecular complexity index is 1080. The number of aryl methyl sites for hydroxylation is 1. The zero-order valence-corrected chi connectivity index (χ0v) is 15.7. The summed E-state index contributed by atoms with van der Waals surface area (Å²) in [7, 11) is 0. The van der Waals surface area contributed by atoms with Crippen molar-refractivity contribution in [2.45, 2.75) is 6.92 Å². The zero-order chi connectivity index (χ0) is 19.1. The number of anilines is 1. The van der Waals surface area contributed by atoms with E-state index in [-0.39, 0.29) is 11.8 Å². The number of halogens is 2. The van der Waals surface area contributed by atoms with Crippen LogP contribution in [0, 0.1) is 6.92 Å². The number of imide groups is 1. The Morgan fingerprint density at radius 2 is 1.37 bits per heavy atom. The second-order valence-corrected chi connectivity index (χ2v) is 7.01. The monoisotopic (exact) mass is 397 g/mol. The van der Waals surface area contributed by atoms with Crippen molar-refractivity contribution in [1.82, 2.24) is 0 Å². The SMILES string of the molecule is Cc1cc(Oc2ccc(Cl)cc2)ccc1N1C(=O)c2ccc(Cl)cc2C1=O. The molecule has 1 heterocycles. The van der Waals surface area contributed by atoms with E-state index in [4.69, 9.17) is 27.9 Å². The number of benzene rings is 3. The first-order chi connectivity index (χ1) is 12.9. The summed E-state index contributed by atoms with van der Waals surface area (Å²) >= 11 is 11.8. The molecule has 0 N–H and O–H groups in total. The van der Waals surface area contributed by atoms with Gasteiger partial charge in [-0.1, -0.05) is 23.2 Å². The molecule has 1 aliphatic heterocycles. The smallest absolute Gasteiger partial charge is 0.266 e. The van der Waals surface area contributed by atoms with Gasteiger partial charge in [-0.2, -0.15) is 0 Å². The predicted octanol–water partition coefficient (Wildman–Crippen LogP) is 5.89. The van der Waals surface area contributed by atoms with E-state index in [9.17, 15) is 9.59 Å². The summed E-state index contributed by atoms with van der Waals surface area (Å²) in [6.45, 7) is 1.82. The molecule has 1 aliphatic rings. The van der Waals surface area contributed by atoms with E-state index >= 15 is 0 Å². The van der Waals surface area contributed by atoms with Gasteiger partial charge in [-0.15, -0.1) is 0 Å². The van der Waals surface area contributed by atoms with Gasteiger partial charge in [-0.25, -0.2) is 4.90 Å². The van der Waals surface area contributed by atoms with Crippen LogP contribution in [0.5, 0.6) is 11.5 Å². The molecule has 134 valence electrons. The minimum Gasteiger partial charge on any atom is -0.457 e. The van der Waals surface area contributed by atoms with Crippen LogP contribution in [0.4, 0.5) is 5.69 Å². The van der Waals surface area contributed by atoms with Crippen LogP contribution in [0.1, 0.15) is 26.3 Å². The molecule has 6 heteroatoms. The van der Waals surface area contributed by atoms with Gasteiger partial charge in [-0.05, 0) is 73.2 Å². The molecule has 2 amide bonds. The van der Waals surface area contributed by atoms with Crippen LogP contribution in [0.25, 0.3) is 0 Å². The normalized spacial score (nSPS) is 13.1. The fraction of sp³-hybridized carbons (Fsp3) is 0.0476. The first-order valence-electron chi connectivity index (χ1n) is 8.16. The Kier molecular flexibility index (Phi) is 4.38. The van der Waals surface area contributed by atoms with Crippen molar-refractivity contribution < 1.29 is 14.3 Å². The first-order valence-corrected chi connectivity index (χ1v) is 8.92. The second kappa shape index (κ2) is 6.72. The summed E-state index contributed by atoms with van der Waals surface area (Å²) in [5.41, 5.74) is 1.92. The van der Waals surface area contributed by atoms with Crippen LogP contribution in [0.3, 0.4) is 0 Å². The number of nitrogens with zero attached hydrogens (tertiary/aromatic N) is 1. The predicted molar refractivity (Wildman–Crippen MR) is 105 cm³/mol. The van der Waals surface area contributed by atoms with Crippen molar-refractivity contribution in [2.75, 3.05) is 4.90 Å². The number of fused-ring (bicyclic) bond motifs is 1. The van der Waals surface area contributed by atoms with Crippen LogP contribution >= 0.6 is 23.2 Å². The molecule has 0 atom stereocenters. The third-order valence-electron chi connectivity index (χ3n) is 4.31. The summed E-state index contributed by atoms with van der Waals surface area (Å²) in [5, 5.41) is 1.04. The van der Waals surface area contributed by atoms with Crippen LogP contribution in [-0.4, -0.2) is 11.8 Å². The van der Waals surface area contributed by atoms with E-state index in [1.165, 1.54) is 11.0 Å². The lowest BCUT2D eigenvalue weighted by Crippen LogP contribution is -2.30. The molecule has 4 rings (SSSR count). The number of amides is 2. The highest BCUT2D eigenvalue weighted by Crippen LogP contribution is 2.34. The lowest BCUT2D eigenvalue weighted by molar-refractivity contribution is 0.0926. The Morgan fingerprint density at radius 3 is 2.07 bits per heavy atom. The quantitative estimate of drug-likeness (QED) is 0.517. The van der Waals surface area contributed by atoms with Crippen LogP contribution in [0.2, 0.25) is 10.0 Å². The summed E-state index contributed by atoms with van der Waals surface area (Å²) in [6.07, 6.45) is 0. The number of hydrogen-bond acceptors (Lipinski definition) is 3. The van der Waals surface area contributed by atoms with Gasteiger partial charge in [0.25, 0.3) is 11.8 Å². The highest BCUT2D eigenvalue weighted by Gasteiger charge is 2.37. The Hall–Kier alpha value is -2.82. The minimum atomic E-state index is -0.382. The van der Waals surface area contributed by atoms with Gasteiger partial charge in [0.05, 0.1) is 16.8 Å². The largest absolute Gasteiger partial charge is 0.457 e. The number of rotatable bonds is 3. The first kappa shape index (κ1) is 17.6. The standard InChI is InChI=1S/C21H13Cl2NO3/c1-12-10-16(27-15-5-2-13(22)3-6-15)7-9-19(12)24-20(25)17-8-4-14(23)11-18(17)21(24)26/h2-11H,1H3. The molecular formula is C21H13Cl2NO3. The molecule has 0 aliphatic carbocycles. The Morgan fingerprint density at radius 1 is 0.741 bits per heavy atom. The van der Waals surface area contributed by atoms with Gasteiger partial charge < -0.3 is 4.74 Å². The lowest BCUT2D eigenvalue weighted by Gasteiger charge is -2.17. The molecule has 0 saturated carbocycles. The maximum Gasteiger partial charge on any atom is 0.266 e. The minimum absolute atomic E-state index is 0.313. The van der Waals surface area contributed by atoms with Gasteiger partial charge in [0.2, 0.25) is 0 Å². The maximum atomic E-state index is 12.7. The Balaban J connectivity index is 1.64. The number of ether oxygens (including phenoxy) is 1. The van der Waals surface area contributed by atoms with Gasteiger partial charge in [-0.3, -0.25) is 9.59 Å². The zero-order valence-electron chi connectivity index (χ0n) is 14.2. The summed E-state index contributed by atoms with van der Waals surface area (Å²) in [6, 6.07) is 16.9. The third-order valence-corrected chi connectivity index (χ3v) is 4.79. The molecule has 0 saturated heterocycles. The average Bonchev–Trinajstić information content (AvgIpc) is 2.88. The molecule has 0 bridgehead atoms. The molecule has 3 aromatic rings. The van der Waals surface area contributed by atoms with E-state index in [1.54, 1.807) is 54.6 Å².